The van der Waals surface area contributed by atoms with Crippen molar-refractivity contribution in [3.63, 3.8) is 0 Å². The van der Waals surface area contributed by atoms with Crippen molar-refractivity contribution < 1.29 is 29.3 Å². The van der Waals surface area contributed by atoms with Crippen LogP contribution in [-0.2, 0) is 14.3 Å². The number of carboxylic acid groups (broad SMARTS) is 2. The number of rotatable bonds is 11. The first-order valence-electron chi connectivity index (χ1n) is 8.81. The standard InChI is InChI=1S/C17H29NO2.C2H2O4/c1-4-15(2)16-9-5-6-10-17(16)20-13-8-7-11-18-12-14-19-3;3-1(4)2(5)6/h5-6,9-10,15,18H,4,7-8,11-14H2,1-3H3;(H,3,4)(H,5,6). The fraction of sp³-hybridized carbons (Fsp3) is 0.579. The van der Waals surface area contributed by atoms with Crippen LogP contribution >= 0.6 is 0 Å². The van der Waals surface area contributed by atoms with Gasteiger partial charge < -0.3 is 25.0 Å². The Kier molecular flexibility index (Phi) is 13.9. The van der Waals surface area contributed by atoms with Gasteiger partial charge >= 0.3 is 11.9 Å². The number of methoxy groups -OCH3 is 1. The number of para-hydroxylation sites is 1. The number of aliphatic carboxylic acids is 2. The van der Waals surface area contributed by atoms with Crippen LogP contribution in [0.3, 0.4) is 0 Å². The number of unbranched alkanes of at least 4 members (excludes halogenated alkanes) is 1. The molecule has 0 aliphatic rings. The van der Waals surface area contributed by atoms with Gasteiger partial charge in [-0.25, -0.2) is 9.59 Å². The Bertz CT molecular complexity index is 509. The predicted molar refractivity (Wildman–Crippen MR) is 99.9 cm³/mol. The third-order valence-electron chi connectivity index (χ3n) is 3.73. The van der Waals surface area contributed by atoms with E-state index in [-0.39, 0.29) is 0 Å². The van der Waals surface area contributed by atoms with E-state index in [1.807, 2.05) is 6.07 Å². The van der Waals surface area contributed by atoms with Crippen molar-refractivity contribution in [3.05, 3.63) is 29.8 Å². The van der Waals surface area contributed by atoms with E-state index < -0.39 is 11.9 Å². The molecule has 1 aromatic rings. The predicted octanol–water partition coefficient (Wildman–Crippen LogP) is 2.75. The van der Waals surface area contributed by atoms with E-state index in [9.17, 15) is 0 Å². The van der Waals surface area contributed by atoms with Crippen LogP contribution in [0.1, 0.15) is 44.6 Å². The Labute approximate surface area is 155 Å². The van der Waals surface area contributed by atoms with Crippen molar-refractivity contribution >= 4 is 11.9 Å². The summed E-state index contributed by atoms with van der Waals surface area (Å²) in [5.41, 5.74) is 1.33. The Hall–Kier alpha value is -2.12. The summed E-state index contributed by atoms with van der Waals surface area (Å²) < 4.78 is 10.9. The molecule has 1 rings (SSSR count). The molecule has 0 fully saturated rings. The minimum atomic E-state index is -1.82. The van der Waals surface area contributed by atoms with Gasteiger partial charge in [-0.1, -0.05) is 32.0 Å². The molecule has 0 heterocycles. The van der Waals surface area contributed by atoms with Crippen LogP contribution in [-0.4, -0.2) is 55.6 Å². The third kappa shape index (κ3) is 11.4. The second-order valence-electron chi connectivity index (χ2n) is 5.76. The van der Waals surface area contributed by atoms with Crippen LogP contribution in [0.2, 0.25) is 0 Å². The molecule has 1 aromatic carbocycles. The molecular formula is C19H31NO6. The van der Waals surface area contributed by atoms with Gasteiger partial charge in [0.2, 0.25) is 0 Å². The second kappa shape index (κ2) is 15.2. The molecule has 0 aromatic heterocycles. The van der Waals surface area contributed by atoms with E-state index >= 15 is 0 Å². The van der Waals surface area contributed by atoms with Gasteiger partial charge in [0.25, 0.3) is 0 Å². The first kappa shape index (κ1) is 23.9. The molecule has 0 radical (unpaired) electrons. The summed E-state index contributed by atoms with van der Waals surface area (Å²) >= 11 is 0. The molecule has 7 heteroatoms. The van der Waals surface area contributed by atoms with E-state index in [2.05, 4.69) is 37.4 Å². The molecule has 0 amide bonds. The van der Waals surface area contributed by atoms with Crippen molar-refractivity contribution in [1.82, 2.24) is 5.32 Å². The molecule has 0 aliphatic carbocycles. The highest BCUT2D eigenvalue weighted by molar-refractivity contribution is 6.27. The Balaban J connectivity index is 0.000000896. The number of carboxylic acids is 2. The lowest BCUT2D eigenvalue weighted by Gasteiger charge is -2.15. The minimum absolute atomic E-state index is 0.557. The third-order valence-corrected chi connectivity index (χ3v) is 3.73. The fourth-order valence-electron chi connectivity index (χ4n) is 2.07. The molecule has 148 valence electrons. The van der Waals surface area contributed by atoms with Crippen LogP contribution < -0.4 is 10.1 Å². The van der Waals surface area contributed by atoms with Crippen LogP contribution in [0, 0.1) is 0 Å². The van der Waals surface area contributed by atoms with Gasteiger partial charge in [0, 0.05) is 13.7 Å². The number of hydrogen-bond donors (Lipinski definition) is 3. The lowest BCUT2D eigenvalue weighted by molar-refractivity contribution is -0.159. The Morgan fingerprint density at radius 3 is 2.31 bits per heavy atom. The van der Waals surface area contributed by atoms with Gasteiger partial charge in [0.1, 0.15) is 5.75 Å². The zero-order valence-electron chi connectivity index (χ0n) is 15.9. The summed E-state index contributed by atoms with van der Waals surface area (Å²) in [7, 11) is 1.73. The molecule has 0 saturated heterocycles. The average Bonchev–Trinajstić information content (AvgIpc) is 2.64. The van der Waals surface area contributed by atoms with E-state index in [1.165, 1.54) is 5.56 Å². The maximum absolute atomic E-state index is 9.10. The summed E-state index contributed by atoms with van der Waals surface area (Å²) in [5, 5.41) is 18.1. The summed E-state index contributed by atoms with van der Waals surface area (Å²) in [5.74, 6) is -2.04. The number of benzene rings is 1. The van der Waals surface area contributed by atoms with E-state index in [0.717, 1.165) is 51.3 Å². The van der Waals surface area contributed by atoms with Crippen molar-refractivity contribution in [2.45, 2.75) is 39.0 Å². The topological polar surface area (TPSA) is 105 Å². The van der Waals surface area contributed by atoms with Gasteiger partial charge in [-0.15, -0.1) is 0 Å². The molecule has 0 aliphatic heterocycles. The summed E-state index contributed by atoms with van der Waals surface area (Å²) in [4.78, 5) is 18.2. The zero-order chi connectivity index (χ0) is 19.8. The first-order chi connectivity index (χ1) is 12.4. The molecule has 0 saturated carbocycles. The maximum Gasteiger partial charge on any atom is 0.414 e. The fourth-order valence-corrected chi connectivity index (χ4v) is 2.07. The molecule has 0 bridgehead atoms. The highest BCUT2D eigenvalue weighted by Gasteiger charge is 2.09. The van der Waals surface area contributed by atoms with Crippen LogP contribution in [0.15, 0.2) is 24.3 Å². The second-order valence-corrected chi connectivity index (χ2v) is 5.76. The highest BCUT2D eigenvalue weighted by atomic mass is 16.5. The van der Waals surface area contributed by atoms with Crippen molar-refractivity contribution in [1.29, 1.82) is 0 Å². The Morgan fingerprint density at radius 2 is 1.73 bits per heavy atom. The summed E-state index contributed by atoms with van der Waals surface area (Å²) in [6, 6.07) is 8.40. The molecule has 0 spiro atoms. The van der Waals surface area contributed by atoms with Crippen molar-refractivity contribution in [2.75, 3.05) is 33.4 Å². The van der Waals surface area contributed by atoms with Gasteiger partial charge in [-0.2, -0.15) is 0 Å². The van der Waals surface area contributed by atoms with E-state index in [4.69, 9.17) is 29.3 Å². The number of nitrogens with one attached hydrogen (secondary N) is 1. The highest BCUT2D eigenvalue weighted by Crippen LogP contribution is 2.28. The quantitative estimate of drug-likeness (QED) is 0.407. The number of hydrogen-bond acceptors (Lipinski definition) is 5. The molecule has 3 N–H and O–H groups in total. The summed E-state index contributed by atoms with van der Waals surface area (Å²) in [6.45, 7) is 7.99. The van der Waals surface area contributed by atoms with Crippen LogP contribution in [0.25, 0.3) is 0 Å². The van der Waals surface area contributed by atoms with Crippen molar-refractivity contribution in [2.24, 2.45) is 0 Å². The van der Waals surface area contributed by atoms with Crippen LogP contribution in [0.5, 0.6) is 5.75 Å². The molecule has 7 nitrogen and oxygen atoms in total. The summed E-state index contributed by atoms with van der Waals surface area (Å²) in [6.07, 6.45) is 3.35. The maximum atomic E-state index is 9.10. The smallest absolute Gasteiger partial charge is 0.414 e. The normalized spacial score (nSPS) is 11.2. The van der Waals surface area contributed by atoms with E-state index in [0.29, 0.717) is 5.92 Å². The van der Waals surface area contributed by atoms with Crippen molar-refractivity contribution in [3.8, 4) is 5.75 Å². The number of ether oxygens (including phenoxy) is 2. The monoisotopic (exact) mass is 369 g/mol. The van der Waals surface area contributed by atoms with Gasteiger partial charge in [0.15, 0.2) is 0 Å². The van der Waals surface area contributed by atoms with Gasteiger partial charge in [-0.05, 0) is 43.4 Å². The average molecular weight is 369 g/mol. The molecule has 1 atom stereocenters. The molecule has 26 heavy (non-hydrogen) atoms. The first-order valence-corrected chi connectivity index (χ1v) is 8.81. The molecule has 1 unspecified atom stereocenters. The van der Waals surface area contributed by atoms with Crippen LogP contribution in [0.4, 0.5) is 0 Å². The lowest BCUT2D eigenvalue weighted by Crippen LogP contribution is -2.20. The SMILES string of the molecule is CCC(C)c1ccccc1OCCCCNCCOC.O=C(O)C(=O)O. The largest absolute Gasteiger partial charge is 0.493 e. The molecular weight excluding hydrogens is 338 g/mol. The van der Waals surface area contributed by atoms with Gasteiger partial charge in [-0.3, -0.25) is 0 Å². The van der Waals surface area contributed by atoms with E-state index in [1.54, 1.807) is 7.11 Å². The lowest BCUT2D eigenvalue weighted by atomic mass is 9.98. The minimum Gasteiger partial charge on any atom is -0.493 e. The number of carbonyl (C=O) groups is 2. The Morgan fingerprint density at radius 1 is 1.08 bits per heavy atom. The van der Waals surface area contributed by atoms with Gasteiger partial charge in [0.05, 0.1) is 13.2 Å². The zero-order valence-corrected chi connectivity index (χ0v) is 15.9.